The summed E-state index contributed by atoms with van der Waals surface area (Å²) in [5.74, 6) is 0. The lowest BCUT2D eigenvalue weighted by Crippen LogP contribution is -2.08. The molecule has 2 rings (SSSR count). The van der Waals surface area contributed by atoms with Crippen LogP contribution in [-0.4, -0.2) is 53.7 Å². The summed E-state index contributed by atoms with van der Waals surface area (Å²) in [5, 5.41) is 8.52. The molecule has 14 heavy (non-hydrogen) atoms. The Bertz CT molecular complexity index is 150. The van der Waals surface area contributed by atoms with Gasteiger partial charge in [0.1, 0.15) is 12.2 Å². The maximum absolute atomic E-state index is 8.52. The molecule has 0 aliphatic carbocycles. The maximum atomic E-state index is 8.52. The summed E-state index contributed by atoms with van der Waals surface area (Å²) >= 11 is 0. The third kappa shape index (κ3) is 5.07. The predicted octanol–water partition coefficient (Wildman–Crippen LogP) is -0.701. The summed E-state index contributed by atoms with van der Waals surface area (Å²) in [6.45, 7) is 3.67. The maximum Gasteiger partial charge on any atom is 0.186 e. The molecule has 2 saturated heterocycles. The van der Waals surface area contributed by atoms with Gasteiger partial charge in [-0.25, -0.2) is 0 Å². The topological polar surface area (TPSA) is 54.5 Å². The second-order valence-corrected chi connectivity index (χ2v) is 4.51. The molecule has 3 unspecified atom stereocenters. The van der Waals surface area contributed by atoms with Crippen molar-refractivity contribution in [2.75, 3.05) is 19.8 Å². The van der Waals surface area contributed by atoms with E-state index in [1.807, 2.05) is 0 Å². The van der Waals surface area contributed by atoms with Crippen LogP contribution in [0.1, 0.15) is 13.3 Å². The molecule has 2 heterocycles. The van der Waals surface area contributed by atoms with E-state index in [1.54, 1.807) is 0 Å². The average Bonchev–Trinajstić information content (AvgIpc) is 3.08. The predicted molar refractivity (Wildman–Crippen MR) is 56.5 cm³/mol. The first-order chi connectivity index (χ1) is 6.81. The van der Waals surface area contributed by atoms with Gasteiger partial charge in [-0.05, 0) is 0 Å². The van der Waals surface area contributed by atoms with E-state index in [9.17, 15) is 0 Å². The zero-order chi connectivity index (χ0) is 10.4. The highest BCUT2D eigenvalue weighted by molar-refractivity contribution is 6.08. The monoisotopic (exact) mass is 220 g/mol. The summed E-state index contributed by atoms with van der Waals surface area (Å²) in [6.07, 6.45) is 1.41. The molecule has 0 spiro atoms. The Kier molecular flexibility index (Phi) is 5.65. The van der Waals surface area contributed by atoms with Crippen LogP contribution in [0.4, 0.5) is 0 Å². The fourth-order valence-electron chi connectivity index (χ4n) is 0.769. The summed E-state index contributed by atoms with van der Waals surface area (Å²) in [7, 11) is 1.39. The molecule has 0 saturated carbocycles. The van der Waals surface area contributed by atoms with E-state index in [0.29, 0.717) is 6.61 Å². The molecule has 2 fully saturated rings. The molecule has 0 aromatic carbocycles. The molecule has 0 bridgehead atoms. The second-order valence-electron chi connectivity index (χ2n) is 3.51. The molecule has 0 aromatic rings. The molecule has 2 aliphatic heterocycles. The number of epoxide rings is 2. The van der Waals surface area contributed by atoms with Crippen LogP contribution in [0.3, 0.4) is 0 Å². The Morgan fingerprint density at radius 1 is 1.57 bits per heavy atom. The van der Waals surface area contributed by atoms with Gasteiger partial charge in [-0.15, -0.1) is 0 Å². The van der Waals surface area contributed by atoms with Crippen molar-refractivity contribution in [2.45, 2.75) is 37.9 Å². The van der Waals surface area contributed by atoms with E-state index < -0.39 is 0 Å². The zero-order valence-corrected chi connectivity index (χ0v) is 10.9. The summed E-state index contributed by atoms with van der Waals surface area (Å²) < 4.78 is 15.0. The van der Waals surface area contributed by atoms with Gasteiger partial charge in [0.25, 0.3) is 0 Å². The van der Waals surface area contributed by atoms with Crippen molar-refractivity contribution in [3.05, 3.63) is 0 Å². The van der Waals surface area contributed by atoms with E-state index in [0.717, 1.165) is 6.61 Å². The minimum absolute atomic E-state index is 0.0518. The first kappa shape index (κ1) is 12.1. The van der Waals surface area contributed by atoms with Gasteiger partial charge in [0.2, 0.25) is 0 Å². The van der Waals surface area contributed by atoms with Crippen molar-refractivity contribution in [2.24, 2.45) is 0 Å². The molecule has 5 heteroatoms. The number of hydrogen-bond donors (Lipinski definition) is 1. The van der Waals surface area contributed by atoms with Gasteiger partial charge in [-0.3, -0.25) is 0 Å². The van der Waals surface area contributed by atoms with Crippen LogP contribution < -0.4 is 0 Å². The highest BCUT2D eigenvalue weighted by Crippen LogP contribution is 2.23. The van der Waals surface area contributed by atoms with E-state index in [4.69, 9.17) is 19.3 Å². The first-order valence-corrected chi connectivity index (χ1v) is 6.72. The highest BCUT2D eigenvalue weighted by atomic mass is 28.1. The third-order valence-electron chi connectivity index (χ3n) is 2.06. The smallest absolute Gasteiger partial charge is 0.186 e. The average molecular weight is 220 g/mol. The van der Waals surface area contributed by atoms with Crippen molar-refractivity contribution in [1.29, 1.82) is 0 Å². The lowest BCUT2D eigenvalue weighted by atomic mass is 10.5. The zero-order valence-electron chi connectivity index (χ0n) is 8.94. The van der Waals surface area contributed by atoms with Crippen LogP contribution in [0, 0.1) is 0 Å². The Balaban J connectivity index is 0.000000213. The summed E-state index contributed by atoms with van der Waals surface area (Å²) in [6, 6.07) is 1.46. The fraction of sp³-hybridized carbons (Fsp3) is 1.00. The minimum Gasteiger partial charge on any atom is -0.393 e. The normalized spacial score (nSPS) is 33.4. The third-order valence-corrected chi connectivity index (χ3v) is 3.06. The van der Waals surface area contributed by atoms with Crippen molar-refractivity contribution < 1.29 is 19.3 Å². The quantitative estimate of drug-likeness (QED) is 0.492. The highest BCUT2D eigenvalue weighted by Gasteiger charge is 2.40. The van der Waals surface area contributed by atoms with Crippen LogP contribution in [0.5, 0.6) is 0 Å². The molecule has 0 amide bonds. The van der Waals surface area contributed by atoms with Gasteiger partial charge < -0.3 is 19.3 Å². The fourth-order valence-corrected chi connectivity index (χ4v) is 0.769. The minimum atomic E-state index is -0.172. The van der Waals surface area contributed by atoms with Crippen molar-refractivity contribution >= 4 is 10.2 Å². The van der Waals surface area contributed by atoms with Crippen molar-refractivity contribution in [3.8, 4) is 0 Å². The Morgan fingerprint density at radius 3 is 2.57 bits per heavy atom. The molecule has 0 radical (unpaired) electrons. The number of aliphatic hydroxyl groups excluding tert-OH is 1. The molecule has 0 aromatic heterocycles. The van der Waals surface area contributed by atoms with Crippen LogP contribution in [0.2, 0.25) is 6.04 Å². The van der Waals surface area contributed by atoms with Crippen LogP contribution in [0.25, 0.3) is 0 Å². The van der Waals surface area contributed by atoms with Gasteiger partial charge in [0, 0.05) is 10.2 Å². The second kappa shape index (κ2) is 6.52. The summed E-state index contributed by atoms with van der Waals surface area (Å²) in [4.78, 5) is 0. The Morgan fingerprint density at radius 2 is 2.21 bits per heavy atom. The number of aliphatic hydroxyl groups is 1. The van der Waals surface area contributed by atoms with Crippen molar-refractivity contribution in [1.82, 2.24) is 0 Å². The number of rotatable bonds is 5. The van der Waals surface area contributed by atoms with E-state index >= 15 is 0 Å². The van der Waals surface area contributed by atoms with Gasteiger partial charge >= 0.3 is 0 Å². The number of ether oxygens (including phenoxy) is 3. The van der Waals surface area contributed by atoms with Gasteiger partial charge in [-0.2, -0.15) is 0 Å². The lowest BCUT2D eigenvalue weighted by molar-refractivity contribution is 0.0405. The molecule has 84 valence electrons. The molecule has 1 N–H and O–H groups in total. The number of hydrogen-bond acceptors (Lipinski definition) is 4. The van der Waals surface area contributed by atoms with Crippen LogP contribution in [0.15, 0.2) is 0 Å². The van der Waals surface area contributed by atoms with Gasteiger partial charge in [0.05, 0.1) is 19.8 Å². The van der Waals surface area contributed by atoms with Crippen LogP contribution in [-0.2, 0) is 14.2 Å². The van der Waals surface area contributed by atoms with Gasteiger partial charge in [-0.1, -0.05) is 19.4 Å². The molecule has 4 nitrogen and oxygen atoms in total. The molecular formula is C9H20O4Si. The van der Waals surface area contributed by atoms with Gasteiger partial charge in [0.15, 0.2) is 6.29 Å². The van der Waals surface area contributed by atoms with E-state index in [2.05, 4.69) is 6.92 Å². The molecule has 3 atom stereocenters. The molecular weight excluding hydrogens is 200 g/mol. The first-order valence-electron chi connectivity index (χ1n) is 5.31. The van der Waals surface area contributed by atoms with Crippen LogP contribution >= 0.6 is 0 Å². The largest absolute Gasteiger partial charge is 0.393 e. The summed E-state index contributed by atoms with van der Waals surface area (Å²) in [5.41, 5.74) is 0. The standard InChI is InChI=1S/C6H10O4.C3H10Si/c7-1-5-6(10-5)9-3-4-2-8-4;1-2-3-4/h4-7H,1-3H2;2-3H2,1,4H3. The lowest BCUT2D eigenvalue weighted by Gasteiger charge is -1.93. The SMILES string of the molecule is CCC[SiH3].OCC1OC1OCC1CO1. The van der Waals surface area contributed by atoms with Crippen molar-refractivity contribution in [3.63, 3.8) is 0 Å². The Labute approximate surface area is 88.0 Å². The Hall–Kier alpha value is 0.0569. The molecule has 2 aliphatic rings. The van der Waals surface area contributed by atoms with E-state index in [-0.39, 0.29) is 25.1 Å². The van der Waals surface area contributed by atoms with E-state index in [1.165, 1.54) is 22.7 Å².